The van der Waals surface area contributed by atoms with Crippen molar-refractivity contribution < 1.29 is 13.6 Å². The first-order chi connectivity index (χ1) is 11.6. The summed E-state index contributed by atoms with van der Waals surface area (Å²) in [5.74, 6) is -0.906. The molecule has 3 aromatic rings. The number of amides is 1. The van der Waals surface area contributed by atoms with Crippen LogP contribution in [0.3, 0.4) is 0 Å². The number of benzene rings is 2. The molecule has 1 aromatic heterocycles. The van der Waals surface area contributed by atoms with Crippen molar-refractivity contribution in [3.8, 4) is 10.6 Å². The Morgan fingerprint density at radius 2 is 1.83 bits per heavy atom. The van der Waals surface area contributed by atoms with Crippen molar-refractivity contribution >= 4 is 17.2 Å². The number of carbonyl (C=O) groups is 1. The Hall–Kier alpha value is -2.60. The molecule has 1 amide bonds. The highest BCUT2D eigenvalue weighted by Crippen LogP contribution is 2.23. The second kappa shape index (κ2) is 7.31. The molecule has 0 unspecified atom stereocenters. The summed E-state index contributed by atoms with van der Waals surface area (Å²) in [6.07, 6.45) is 0.410. The maximum absolute atomic E-state index is 13.5. The van der Waals surface area contributed by atoms with Crippen LogP contribution in [0.5, 0.6) is 0 Å². The molecule has 122 valence electrons. The molecule has 0 aliphatic carbocycles. The molecular formula is C18H14F2N2OS. The van der Waals surface area contributed by atoms with E-state index in [0.29, 0.717) is 29.2 Å². The highest BCUT2D eigenvalue weighted by molar-refractivity contribution is 7.13. The fourth-order valence-electron chi connectivity index (χ4n) is 2.21. The van der Waals surface area contributed by atoms with Gasteiger partial charge in [-0.3, -0.25) is 4.79 Å². The van der Waals surface area contributed by atoms with Gasteiger partial charge in [0.25, 0.3) is 5.91 Å². The van der Waals surface area contributed by atoms with Gasteiger partial charge in [0.15, 0.2) is 0 Å². The minimum absolute atomic E-state index is 0.279. The van der Waals surface area contributed by atoms with Gasteiger partial charge in [0.1, 0.15) is 22.3 Å². The monoisotopic (exact) mass is 344 g/mol. The summed E-state index contributed by atoms with van der Waals surface area (Å²) in [6, 6.07) is 12.4. The molecule has 2 aromatic carbocycles. The van der Waals surface area contributed by atoms with E-state index in [1.807, 2.05) is 0 Å². The van der Waals surface area contributed by atoms with E-state index in [1.54, 1.807) is 35.7 Å². The number of nitrogens with zero attached hydrogens (tertiary/aromatic N) is 1. The zero-order chi connectivity index (χ0) is 16.9. The Morgan fingerprint density at radius 3 is 2.58 bits per heavy atom. The van der Waals surface area contributed by atoms with Crippen LogP contribution in [0.1, 0.15) is 16.1 Å². The molecule has 0 spiro atoms. The van der Waals surface area contributed by atoms with Gasteiger partial charge in [0.05, 0.1) is 0 Å². The van der Waals surface area contributed by atoms with Crippen LogP contribution in [0.25, 0.3) is 10.6 Å². The lowest BCUT2D eigenvalue weighted by molar-refractivity contribution is 0.0950. The summed E-state index contributed by atoms with van der Waals surface area (Å²) in [6.45, 7) is 0.323. The third kappa shape index (κ3) is 3.83. The van der Waals surface area contributed by atoms with Crippen molar-refractivity contribution in [2.75, 3.05) is 6.54 Å². The average molecular weight is 344 g/mol. The van der Waals surface area contributed by atoms with Crippen LogP contribution < -0.4 is 5.32 Å². The van der Waals surface area contributed by atoms with E-state index >= 15 is 0 Å². The number of aromatic nitrogens is 1. The lowest BCUT2D eigenvalue weighted by Gasteiger charge is -2.04. The normalized spacial score (nSPS) is 10.6. The number of thiazole rings is 1. The van der Waals surface area contributed by atoms with Crippen molar-refractivity contribution in [3.05, 3.63) is 76.8 Å². The van der Waals surface area contributed by atoms with Crippen molar-refractivity contribution in [1.29, 1.82) is 0 Å². The van der Waals surface area contributed by atoms with Gasteiger partial charge in [-0.15, -0.1) is 11.3 Å². The molecule has 0 atom stereocenters. The molecule has 6 heteroatoms. The molecule has 0 saturated carbocycles. The fraction of sp³-hybridized carbons (Fsp3) is 0.111. The maximum Gasteiger partial charge on any atom is 0.270 e. The summed E-state index contributed by atoms with van der Waals surface area (Å²) in [5.41, 5.74) is 1.61. The smallest absolute Gasteiger partial charge is 0.270 e. The van der Waals surface area contributed by atoms with Gasteiger partial charge in [-0.05, 0) is 42.3 Å². The minimum atomic E-state index is -0.318. The highest BCUT2D eigenvalue weighted by atomic mass is 32.1. The van der Waals surface area contributed by atoms with Crippen molar-refractivity contribution in [2.24, 2.45) is 0 Å². The van der Waals surface area contributed by atoms with Gasteiger partial charge >= 0.3 is 0 Å². The number of hydrogen-bond donors (Lipinski definition) is 1. The SMILES string of the molecule is O=C(NCCc1ccccc1F)c1csc(-c2ccc(F)cc2)n1. The molecule has 0 fully saturated rings. The molecular weight excluding hydrogens is 330 g/mol. The van der Waals surface area contributed by atoms with Gasteiger partial charge in [-0.2, -0.15) is 0 Å². The van der Waals surface area contributed by atoms with Crippen LogP contribution in [0.15, 0.2) is 53.9 Å². The zero-order valence-electron chi connectivity index (χ0n) is 12.6. The number of halogens is 2. The average Bonchev–Trinajstić information content (AvgIpc) is 3.07. The van der Waals surface area contributed by atoms with Gasteiger partial charge in [-0.25, -0.2) is 13.8 Å². The van der Waals surface area contributed by atoms with Gasteiger partial charge < -0.3 is 5.32 Å². The van der Waals surface area contributed by atoms with Crippen LogP contribution in [0, 0.1) is 11.6 Å². The molecule has 0 saturated heterocycles. The molecule has 0 aliphatic rings. The first-order valence-corrected chi connectivity index (χ1v) is 8.24. The molecule has 24 heavy (non-hydrogen) atoms. The standard InChI is InChI=1S/C18H14F2N2OS/c19-14-7-5-13(6-8-14)18-22-16(11-24-18)17(23)21-10-9-12-3-1-2-4-15(12)20/h1-8,11H,9-10H2,(H,21,23). The highest BCUT2D eigenvalue weighted by Gasteiger charge is 2.12. The first-order valence-electron chi connectivity index (χ1n) is 7.36. The topological polar surface area (TPSA) is 42.0 Å². The third-order valence-corrected chi connectivity index (χ3v) is 4.36. The molecule has 0 aliphatic heterocycles. The van der Waals surface area contributed by atoms with Crippen LogP contribution in [0.4, 0.5) is 8.78 Å². The molecule has 3 rings (SSSR count). The molecule has 1 N–H and O–H groups in total. The number of hydrogen-bond acceptors (Lipinski definition) is 3. The predicted molar refractivity (Wildman–Crippen MR) is 89.9 cm³/mol. The molecule has 0 radical (unpaired) electrons. The zero-order valence-corrected chi connectivity index (χ0v) is 13.4. The van der Waals surface area contributed by atoms with Crippen molar-refractivity contribution in [3.63, 3.8) is 0 Å². The third-order valence-electron chi connectivity index (χ3n) is 3.47. The van der Waals surface area contributed by atoms with Gasteiger partial charge in [0, 0.05) is 17.5 Å². The maximum atomic E-state index is 13.5. The van der Waals surface area contributed by atoms with E-state index in [2.05, 4.69) is 10.3 Å². The van der Waals surface area contributed by atoms with Crippen LogP contribution in [0.2, 0.25) is 0 Å². The number of carbonyl (C=O) groups excluding carboxylic acids is 1. The fourth-order valence-corrected chi connectivity index (χ4v) is 3.01. The van der Waals surface area contributed by atoms with Crippen LogP contribution in [-0.2, 0) is 6.42 Å². The second-order valence-corrected chi connectivity index (χ2v) is 6.00. The van der Waals surface area contributed by atoms with Crippen LogP contribution >= 0.6 is 11.3 Å². The van der Waals surface area contributed by atoms with E-state index in [0.717, 1.165) is 5.56 Å². The number of nitrogens with one attached hydrogen (secondary N) is 1. The van der Waals surface area contributed by atoms with Crippen molar-refractivity contribution in [2.45, 2.75) is 6.42 Å². The lowest BCUT2D eigenvalue weighted by atomic mass is 10.1. The summed E-state index contributed by atoms with van der Waals surface area (Å²) in [5, 5.41) is 5.02. The lowest BCUT2D eigenvalue weighted by Crippen LogP contribution is -2.26. The number of rotatable bonds is 5. The quantitative estimate of drug-likeness (QED) is 0.758. The summed E-state index contributed by atoms with van der Waals surface area (Å²) in [4.78, 5) is 16.4. The summed E-state index contributed by atoms with van der Waals surface area (Å²) < 4.78 is 26.4. The van der Waals surface area contributed by atoms with E-state index in [-0.39, 0.29) is 17.5 Å². The van der Waals surface area contributed by atoms with E-state index < -0.39 is 0 Å². The van der Waals surface area contributed by atoms with Gasteiger partial charge in [0.2, 0.25) is 0 Å². The predicted octanol–water partition coefficient (Wildman–Crippen LogP) is 4.06. The van der Waals surface area contributed by atoms with Gasteiger partial charge in [-0.1, -0.05) is 18.2 Å². The Labute approximate surface area is 142 Å². The molecule has 3 nitrogen and oxygen atoms in total. The summed E-state index contributed by atoms with van der Waals surface area (Å²) in [7, 11) is 0. The minimum Gasteiger partial charge on any atom is -0.350 e. The summed E-state index contributed by atoms with van der Waals surface area (Å²) >= 11 is 1.31. The van der Waals surface area contributed by atoms with E-state index in [4.69, 9.17) is 0 Å². The molecule has 0 bridgehead atoms. The van der Waals surface area contributed by atoms with E-state index in [9.17, 15) is 13.6 Å². The Balaban J connectivity index is 1.60. The Bertz CT molecular complexity index is 846. The second-order valence-electron chi connectivity index (χ2n) is 5.14. The van der Waals surface area contributed by atoms with E-state index in [1.165, 1.54) is 29.5 Å². The Morgan fingerprint density at radius 1 is 1.08 bits per heavy atom. The Kier molecular flexibility index (Phi) is 4.96. The van der Waals surface area contributed by atoms with Crippen molar-refractivity contribution in [1.82, 2.24) is 10.3 Å². The first kappa shape index (κ1) is 16.3. The van der Waals surface area contributed by atoms with Crippen LogP contribution in [-0.4, -0.2) is 17.4 Å². The molecule has 1 heterocycles. The largest absolute Gasteiger partial charge is 0.350 e.